The lowest BCUT2D eigenvalue weighted by Crippen LogP contribution is -2.24. The van der Waals surface area contributed by atoms with Gasteiger partial charge >= 0.3 is 6.03 Å². The van der Waals surface area contributed by atoms with Crippen LogP contribution in [0.2, 0.25) is 0 Å². The van der Waals surface area contributed by atoms with E-state index >= 15 is 0 Å². The fourth-order valence-corrected chi connectivity index (χ4v) is 0.458. The maximum Gasteiger partial charge on any atom is 0.341 e. The van der Waals surface area contributed by atoms with Gasteiger partial charge in [-0.2, -0.15) is 9.78 Å². The van der Waals surface area contributed by atoms with Gasteiger partial charge in [0.2, 0.25) is 0 Å². The highest BCUT2D eigenvalue weighted by molar-refractivity contribution is 5.74. The molecule has 1 radical (unpaired) electrons. The van der Waals surface area contributed by atoms with Crippen molar-refractivity contribution in [1.82, 2.24) is 15.1 Å². The molecule has 0 atom stereocenters. The minimum atomic E-state index is -0.253. The van der Waals surface area contributed by atoms with E-state index in [1.807, 2.05) is 0 Å². The van der Waals surface area contributed by atoms with Crippen molar-refractivity contribution in [2.24, 2.45) is 0 Å². The van der Waals surface area contributed by atoms with Gasteiger partial charge in [-0.25, -0.2) is 4.79 Å². The molecule has 0 aliphatic carbocycles. The maximum absolute atomic E-state index is 10.6. The molecule has 1 heterocycles. The fourth-order valence-electron chi connectivity index (χ4n) is 0.458. The molecule has 9 heavy (non-hydrogen) atoms. The number of amides is 1. The Morgan fingerprint density at radius 2 is 2.67 bits per heavy atom. The predicted molar refractivity (Wildman–Crippen MR) is 30.9 cm³/mol. The number of nitrogens with zero attached hydrogens (tertiary/aromatic N) is 2. The number of rotatable bonds is 0. The van der Waals surface area contributed by atoms with Crippen molar-refractivity contribution in [2.75, 3.05) is 7.05 Å². The molecule has 0 bridgehead atoms. The van der Waals surface area contributed by atoms with E-state index < -0.39 is 0 Å². The van der Waals surface area contributed by atoms with Crippen LogP contribution in [0, 0.1) is 6.07 Å². The number of aromatic nitrogens is 2. The van der Waals surface area contributed by atoms with Crippen LogP contribution >= 0.6 is 0 Å². The standard InChI is InChI=1S/C5H6N3O/c1-6-5(9)8-4-2-3-7-8/h3-4H,1H3,(H,6,9). The molecule has 0 aliphatic heterocycles. The average molecular weight is 124 g/mol. The molecule has 1 aromatic rings. The first kappa shape index (κ1) is 5.81. The number of hydrogen-bond acceptors (Lipinski definition) is 2. The van der Waals surface area contributed by atoms with Crippen LogP contribution < -0.4 is 5.32 Å². The first-order valence-corrected chi connectivity index (χ1v) is 2.47. The fraction of sp³-hybridized carbons (Fsp3) is 0.200. The van der Waals surface area contributed by atoms with Crippen molar-refractivity contribution in [1.29, 1.82) is 0 Å². The first-order chi connectivity index (χ1) is 4.34. The second-order valence-corrected chi connectivity index (χ2v) is 1.44. The van der Waals surface area contributed by atoms with Gasteiger partial charge in [0.15, 0.2) is 0 Å². The van der Waals surface area contributed by atoms with Crippen molar-refractivity contribution in [2.45, 2.75) is 0 Å². The SMILES string of the molecule is CNC(=O)n1c[c]cn1. The molecule has 1 aromatic heterocycles. The van der Waals surface area contributed by atoms with E-state index in [4.69, 9.17) is 0 Å². The van der Waals surface area contributed by atoms with Crippen LogP contribution in [-0.4, -0.2) is 22.9 Å². The second-order valence-electron chi connectivity index (χ2n) is 1.44. The zero-order valence-corrected chi connectivity index (χ0v) is 4.96. The van der Waals surface area contributed by atoms with E-state index in [1.54, 1.807) is 7.05 Å². The molecule has 0 saturated carbocycles. The van der Waals surface area contributed by atoms with Gasteiger partial charge in [-0.1, -0.05) is 0 Å². The zero-order chi connectivity index (χ0) is 6.69. The third-order valence-corrected chi connectivity index (χ3v) is 0.875. The summed E-state index contributed by atoms with van der Waals surface area (Å²) in [4.78, 5) is 10.6. The summed E-state index contributed by atoms with van der Waals surface area (Å²) in [6.07, 6.45) is 2.88. The Labute approximate surface area is 52.5 Å². The van der Waals surface area contributed by atoms with Gasteiger partial charge in [-0.05, 0) is 0 Å². The summed E-state index contributed by atoms with van der Waals surface area (Å²) in [5.74, 6) is 0. The van der Waals surface area contributed by atoms with Crippen LogP contribution in [0.15, 0.2) is 12.4 Å². The van der Waals surface area contributed by atoms with Gasteiger partial charge in [0.1, 0.15) is 0 Å². The number of carbonyl (C=O) groups is 1. The van der Waals surface area contributed by atoms with Gasteiger partial charge in [0.25, 0.3) is 0 Å². The maximum atomic E-state index is 10.6. The molecule has 0 saturated heterocycles. The van der Waals surface area contributed by atoms with Crippen molar-refractivity contribution in [3.8, 4) is 0 Å². The monoisotopic (exact) mass is 124 g/mol. The Balaban J connectivity index is 2.77. The molecule has 0 fully saturated rings. The van der Waals surface area contributed by atoms with E-state index in [-0.39, 0.29) is 6.03 Å². The zero-order valence-electron chi connectivity index (χ0n) is 4.96. The lowest BCUT2D eigenvalue weighted by Gasteiger charge is -1.94. The minimum absolute atomic E-state index is 0.253. The lowest BCUT2D eigenvalue weighted by molar-refractivity contribution is 0.241. The van der Waals surface area contributed by atoms with Crippen molar-refractivity contribution in [3.63, 3.8) is 0 Å². The summed E-state index contributed by atoms with van der Waals surface area (Å²) in [5.41, 5.74) is 0. The summed E-state index contributed by atoms with van der Waals surface area (Å²) in [6, 6.07) is 2.38. The van der Waals surface area contributed by atoms with E-state index in [9.17, 15) is 4.79 Å². The van der Waals surface area contributed by atoms with Crippen LogP contribution in [0.1, 0.15) is 0 Å². The van der Waals surface area contributed by atoms with Crippen LogP contribution in [0.4, 0.5) is 4.79 Å². The quantitative estimate of drug-likeness (QED) is 0.523. The Hall–Kier alpha value is -1.32. The average Bonchev–Trinajstić information content (AvgIpc) is 2.37. The second kappa shape index (κ2) is 2.30. The van der Waals surface area contributed by atoms with Crippen LogP contribution in [0.3, 0.4) is 0 Å². The van der Waals surface area contributed by atoms with E-state index in [0.717, 1.165) is 0 Å². The van der Waals surface area contributed by atoms with Gasteiger partial charge in [0, 0.05) is 19.3 Å². The highest BCUT2D eigenvalue weighted by Crippen LogP contribution is 1.79. The van der Waals surface area contributed by atoms with Crippen molar-refractivity contribution < 1.29 is 4.79 Å². The topological polar surface area (TPSA) is 46.9 Å². The largest absolute Gasteiger partial charge is 0.341 e. The summed E-state index contributed by atoms with van der Waals surface area (Å²) in [5, 5.41) is 6.04. The Kier molecular flexibility index (Phi) is 1.48. The first-order valence-electron chi connectivity index (χ1n) is 2.47. The minimum Gasteiger partial charge on any atom is -0.339 e. The van der Waals surface area contributed by atoms with Gasteiger partial charge in [-0.15, -0.1) is 0 Å². The number of hydrogen-bond donors (Lipinski definition) is 1. The third-order valence-electron chi connectivity index (χ3n) is 0.875. The van der Waals surface area contributed by atoms with E-state index in [0.29, 0.717) is 0 Å². The predicted octanol–water partition coefficient (Wildman–Crippen LogP) is -0.129. The Morgan fingerprint density at radius 1 is 1.89 bits per heavy atom. The molecule has 4 nitrogen and oxygen atoms in total. The van der Waals surface area contributed by atoms with Crippen LogP contribution in [0.25, 0.3) is 0 Å². The van der Waals surface area contributed by atoms with Crippen LogP contribution in [0.5, 0.6) is 0 Å². The number of carbonyl (C=O) groups excluding carboxylic acids is 1. The molecule has 1 rings (SSSR count). The lowest BCUT2D eigenvalue weighted by atomic mass is 10.7. The molecule has 1 N–H and O–H groups in total. The van der Waals surface area contributed by atoms with Gasteiger partial charge in [0.05, 0.1) is 6.20 Å². The summed E-state index contributed by atoms with van der Waals surface area (Å²) >= 11 is 0. The van der Waals surface area contributed by atoms with Crippen LogP contribution in [-0.2, 0) is 0 Å². The van der Waals surface area contributed by atoms with Gasteiger partial charge < -0.3 is 5.32 Å². The Bertz CT molecular complexity index is 192. The molecule has 47 valence electrons. The van der Waals surface area contributed by atoms with E-state index in [1.165, 1.54) is 17.1 Å². The van der Waals surface area contributed by atoms with E-state index in [2.05, 4.69) is 16.5 Å². The summed E-state index contributed by atoms with van der Waals surface area (Å²) < 4.78 is 1.17. The molecule has 4 heteroatoms. The molecular weight excluding hydrogens is 118 g/mol. The highest BCUT2D eigenvalue weighted by atomic mass is 16.2. The molecule has 0 spiro atoms. The van der Waals surface area contributed by atoms with Crippen molar-refractivity contribution in [3.05, 3.63) is 18.5 Å². The Morgan fingerprint density at radius 3 is 3.11 bits per heavy atom. The highest BCUT2D eigenvalue weighted by Gasteiger charge is 1.96. The summed E-state index contributed by atoms with van der Waals surface area (Å²) in [6.45, 7) is 0. The molecule has 0 aliphatic rings. The summed E-state index contributed by atoms with van der Waals surface area (Å²) in [7, 11) is 1.55. The van der Waals surface area contributed by atoms with Gasteiger partial charge in [-0.3, -0.25) is 0 Å². The molecule has 0 unspecified atom stereocenters. The molecular formula is C5H6N3O. The number of nitrogens with one attached hydrogen (secondary N) is 1. The third kappa shape index (κ3) is 1.07. The molecule has 1 amide bonds. The van der Waals surface area contributed by atoms with Crippen molar-refractivity contribution >= 4 is 6.03 Å². The molecule has 0 aromatic carbocycles. The smallest absolute Gasteiger partial charge is 0.339 e. The normalized spacial score (nSPS) is 9.00.